The third-order valence-electron chi connectivity index (χ3n) is 2.63. The number of piperidine rings is 1. The summed E-state index contributed by atoms with van der Waals surface area (Å²) in [4.78, 5) is 0. The van der Waals surface area contributed by atoms with Crippen LogP contribution in [0.15, 0.2) is 10.6 Å². The van der Waals surface area contributed by atoms with Crippen LogP contribution in [0, 0.1) is 12.8 Å². The smallest absolute Gasteiger partial charge is 0.137 e. The molecule has 0 bridgehead atoms. The summed E-state index contributed by atoms with van der Waals surface area (Å²) < 4.78 is 5.20. The lowest BCUT2D eigenvalue weighted by Crippen LogP contribution is -2.28. The van der Waals surface area contributed by atoms with E-state index in [1.165, 1.54) is 12.8 Å². The maximum atomic E-state index is 5.20. The maximum absolute atomic E-state index is 5.20. The van der Waals surface area contributed by atoms with Crippen LogP contribution in [-0.2, 0) is 6.42 Å². The molecule has 0 radical (unpaired) electrons. The Morgan fingerprint density at radius 3 is 2.92 bits per heavy atom. The van der Waals surface area contributed by atoms with Gasteiger partial charge < -0.3 is 9.84 Å². The van der Waals surface area contributed by atoms with Crippen molar-refractivity contribution in [2.45, 2.75) is 26.2 Å². The zero-order chi connectivity index (χ0) is 9.10. The van der Waals surface area contributed by atoms with E-state index < -0.39 is 0 Å². The lowest BCUT2D eigenvalue weighted by molar-refractivity contribution is 0.317. The number of nitrogens with one attached hydrogen (secondary N) is 1. The van der Waals surface area contributed by atoms with Crippen molar-refractivity contribution in [1.29, 1.82) is 0 Å². The van der Waals surface area contributed by atoms with Gasteiger partial charge in [0.25, 0.3) is 0 Å². The van der Waals surface area contributed by atoms with Gasteiger partial charge in [-0.3, -0.25) is 0 Å². The van der Waals surface area contributed by atoms with Crippen LogP contribution in [0.5, 0.6) is 0 Å². The molecule has 2 heterocycles. The molecule has 0 unspecified atom stereocenters. The Kier molecular flexibility index (Phi) is 2.64. The van der Waals surface area contributed by atoms with E-state index in [0.29, 0.717) is 0 Å². The predicted octanol–water partition coefficient (Wildman–Crippen LogP) is 1.53. The molecule has 13 heavy (non-hydrogen) atoms. The largest absolute Gasteiger partial charge is 0.361 e. The Balaban J connectivity index is 1.89. The molecule has 0 spiro atoms. The standard InChI is InChI=1S/C10H16N2O/c1-8-6-10(13-12-8)7-9-2-4-11-5-3-9/h6,9,11H,2-5,7H2,1H3. The van der Waals surface area contributed by atoms with E-state index in [0.717, 1.165) is 36.9 Å². The van der Waals surface area contributed by atoms with E-state index in [1.54, 1.807) is 0 Å². The molecule has 1 aliphatic rings. The van der Waals surface area contributed by atoms with Crippen LogP contribution in [0.3, 0.4) is 0 Å². The highest BCUT2D eigenvalue weighted by Crippen LogP contribution is 2.18. The molecule has 1 saturated heterocycles. The fraction of sp³-hybridized carbons (Fsp3) is 0.700. The molecule has 72 valence electrons. The first kappa shape index (κ1) is 8.75. The van der Waals surface area contributed by atoms with Gasteiger partial charge in [-0.25, -0.2) is 0 Å². The predicted molar refractivity (Wildman–Crippen MR) is 50.5 cm³/mol. The number of rotatable bonds is 2. The van der Waals surface area contributed by atoms with Crippen molar-refractivity contribution in [3.05, 3.63) is 17.5 Å². The maximum Gasteiger partial charge on any atom is 0.137 e. The summed E-state index contributed by atoms with van der Waals surface area (Å²) in [5.41, 5.74) is 0.990. The summed E-state index contributed by atoms with van der Waals surface area (Å²) in [5.74, 6) is 1.83. The molecule has 0 aromatic carbocycles. The Morgan fingerprint density at radius 1 is 1.54 bits per heavy atom. The molecule has 0 amide bonds. The second-order valence-electron chi connectivity index (χ2n) is 3.83. The normalized spacial score (nSPS) is 19.2. The van der Waals surface area contributed by atoms with E-state index in [-0.39, 0.29) is 0 Å². The minimum absolute atomic E-state index is 0.786. The van der Waals surface area contributed by atoms with Crippen molar-refractivity contribution < 1.29 is 4.52 Å². The summed E-state index contributed by atoms with van der Waals surface area (Å²) in [5, 5.41) is 7.25. The number of hydrogen-bond acceptors (Lipinski definition) is 3. The van der Waals surface area contributed by atoms with Crippen LogP contribution < -0.4 is 5.32 Å². The van der Waals surface area contributed by atoms with Gasteiger partial charge in [0, 0.05) is 12.5 Å². The average molecular weight is 180 g/mol. The lowest BCUT2D eigenvalue weighted by Gasteiger charge is -2.21. The van der Waals surface area contributed by atoms with Crippen LogP contribution in [-0.4, -0.2) is 18.2 Å². The van der Waals surface area contributed by atoms with Crippen LogP contribution >= 0.6 is 0 Å². The first-order chi connectivity index (χ1) is 6.34. The van der Waals surface area contributed by atoms with Gasteiger partial charge in [-0.1, -0.05) is 5.16 Å². The van der Waals surface area contributed by atoms with Gasteiger partial charge >= 0.3 is 0 Å². The monoisotopic (exact) mass is 180 g/mol. The summed E-state index contributed by atoms with van der Waals surface area (Å²) >= 11 is 0. The summed E-state index contributed by atoms with van der Waals surface area (Å²) in [7, 11) is 0. The molecular formula is C10H16N2O. The fourth-order valence-electron chi connectivity index (χ4n) is 1.88. The highest BCUT2D eigenvalue weighted by atomic mass is 16.5. The van der Waals surface area contributed by atoms with Crippen LogP contribution in [0.2, 0.25) is 0 Å². The van der Waals surface area contributed by atoms with Gasteiger partial charge in [-0.15, -0.1) is 0 Å². The van der Waals surface area contributed by atoms with E-state index >= 15 is 0 Å². The van der Waals surface area contributed by atoms with Crippen molar-refractivity contribution in [2.75, 3.05) is 13.1 Å². The topological polar surface area (TPSA) is 38.1 Å². The molecule has 0 saturated carbocycles. The third-order valence-corrected chi connectivity index (χ3v) is 2.63. The summed E-state index contributed by atoms with van der Waals surface area (Å²) in [6.45, 7) is 4.27. The van der Waals surface area contributed by atoms with Crippen molar-refractivity contribution in [1.82, 2.24) is 10.5 Å². The Morgan fingerprint density at radius 2 is 2.31 bits per heavy atom. The number of aryl methyl sites for hydroxylation is 1. The van der Waals surface area contributed by atoms with Crippen LogP contribution in [0.4, 0.5) is 0 Å². The van der Waals surface area contributed by atoms with Gasteiger partial charge in [-0.05, 0) is 38.8 Å². The molecule has 1 aromatic heterocycles. The molecule has 3 heteroatoms. The average Bonchev–Trinajstić information content (AvgIpc) is 2.53. The quantitative estimate of drug-likeness (QED) is 0.750. The summed E-state index contributed by atoms with van der Waals surface area (Å²) in [6.07, 6.45) is 3.59. The number of nitrogens with zero attached hydrogens (tertiary/aromatic N) is 1. The van der Waals surface area contributed by atoms with Crippen LogP contribution in [0.25, 0.3) is 0 Å². The molecule has 1 aliphatic heterocycles. The van der Waals surface area contributed by atoms with E-state index in [2.05, 4.69) is 10.5 Å². The Bertz CT molecular complexity index is 264. The molecule has 1 N–H and O–H groups in total. The van der Waals surface area contributed by atoms with Crippen molar-refractivity contribution in [3.63, 3.8) is 0 Å². The molecule has 1 aromatic rings. The molecule has 0 aliphatic carbocycles. The zero-order valence-electron chi connectivity index (χ0n) is 8.05. The fourth-order valence-corrected chi connectivity index (χ4v) is 1.88. The first-order valence-electron chi connectivity index (χ1n) is 4.97. The molecule has 0 atom stereocenters. The number of aromatic nitrogens is 1. The highest BCUT2D eigenvalue weighted by molar-refractivity contribution is 5.04. The van der Waals surface area contributed by atoms with Crippen molar-refractivity contribution in [3.8, 4) is 0 Å². The lowest BCUT2D eigenvalue weighted by atomic mass is 9.93. The van der Waals surface area contributed by atoms with E-state index in [1.807, 2.05) is 13.0 Å². The summed E-state index contributed by atoms with van der Waals surface area (Å²) in [6, 6.07) is 2.04. The molecule has 2 rings (SSSR count). The van der Waals surface area contributed by atoms with Crippen LogP contribution in [0.1, 0.15) is 24.3 Å². The van der Waals surface area contributed by atoms with Gasteiger partial charge in [0.05, 0.1) is 5.69 Å². The zero-order valence-corrected chi connectivity index (χ0v) is 8.05. The minimum atomic E-state index is 0.786. The molecule has 1 fully saturated rings. The van der Waals surface area contributed by atoms with Gasteiger partial charge in [-0.2, -0.15) is 0 Å². The van der Waals surface area contributed by atoms with Crippen molar-refractivity contribution >= 4 is 0 Å². The number of hydrogen-bond donors (Lipinski definition) is 1. The van der Waals surface area contributed by atoms with Gasteiger partial charge in [0.2, 0.25) is 0 Å². The third kappa shape index (κ3) is 2.31. The molecule has 3 nitrogen and oxygen atoms in total. The highest BCUT2D eigenvalue weighted by Gasteiger charge is 2.15. The van der Waals surface area contributed by atoms with E-state index in [4.69, 9.17) is 4.52 Å². The first-order valence-corrected chi connectivity index (χ1v) is 4.97. The minimum Gasteiger partial charge on any atom is -0.361 e. The second kappa shape index (κ2) is 3.92. The van der Waals surface area contributed by atoms with Gasteiger partial charge in [0.15, 0.2) is 0 Å². The molecular weight excluding hydrogens is 164 g/mol. The van der Waals surface area contributed by atoms with E-state index in [9.17, 15) is 0 Å². The van der Waals surface area contributed by atoms with Crippen molar-refractivity contribution in [2.24, 2.45) is 5.92 Å². The SMILES string of the molecule is Cc1cc(CC2CCNCC2)on1. The Labute approximate surface area is 78.5 Å². The second-order valence-corrected chi connectivity index (χ2v) is 3.83. The Hall–Kier alpha value is -0.830. The van der Waals surface area contributed by atoms with Gasteiger partial charge in [0.1, 0.15) is 5.76 Å².